The molecular weight excluding hydrogens is 326 g/mol. The van der Waals surface area contributed by atoms with Crippen LogP contribution in [0.2, 0.25) is 0 Å². The minimum absolute atomic E-state index is 0.0324. The predicted molar refractivity (Wildman–Crippen MR) is 93.4 cm³/mol. The number of fused-ring (bicyclic) bond motifs is 1. The number of hydrogen-bond donors (Lipinski definition) is 1. The molecule has 0 spiro atoms. The number of methoxy groups -OCH3 is 1. The van der Waals surface area contributed by atoms with E-state index in [1.807, 2.05) is 0 Å². The highest BCUT2D eigenvalue weighted by molar-refractivity contribution is 7.90. The van der Waals surface area contributed by atoms with E-state index in [1.54, 1.807) is 42.5 Å². The van der Waals surface area contributed by atoms with E-state index in [2.05, 4.69) is 4.40 Å². The molecule has 122 valence electrons. The van der Waals surface area contributed by atoms with Gasteiger partial charge >= 0.3 is 0 Å². The molecule has 6 heteroatoms. The number of phenols is 1. The van der Waals surface area contributed by atoms with E-state index in [9.17, 15) is 13.5 Å². The highest BCUT2D eigenvalue weighted by Gasteiger charge is 2.13. The van der Waals surface area contributed by atoms with Gasteiger partial charge in [0.2, 0.25) is 0 Å². The fraction of sp³-hybridized carbons (Fsp3) is 0.0556. The number of sulfonamides is 1. The zero-order valence-corrected chi connectivity index (χ0v) is 13.7. The van der Waals surface area contributed by atoms with Crippen LogP contribution >= 0.6 is 0 Å². The van der Waals surface area contributed by atoms with Gasteiger partial charge in [-0.1, -0.05) is 30.3 Å². The van der Waals surface area contributed by atoms with Crippen molar-refractivity contribution in [3.05, 3.63) is 66.2 Å². The molecule has 0 heterocycles. The zero-order chi connectivity index (χ0) is 17.2. The number of ether oxygens (including phenoxy) is 1. The Morgan fingerprint density at radius 3 is 2.46 bits per heavy atom. The molecule has 0 saturated heterocycles. The van der Waals surface area contributed by atoms with E-state index in [4.69, 9.17) is 4.74 Å². The Kier molecular flexibility index (Phi) is 4.22. The molecule has 0 aliphatic rings. The molecule has 0 amide bonds. The van der Waals surface area contributed by atoms with Crippen LogP contribution in [0.1, 0.15) is 5.56 Å². The second-order valence-electron chi connectivity index (χ2n) is 5.08. The Labute approximate surface area is 139 Å². The second kappa shape index (κ2) is 6.33. The first-order chi connectivity index (χ1) is 11.5. The van der Waals surface area contributed by atoms with Crippen LogP contribution < -0.4 is 4.74 Å². The number of rotatable bonds is 4. The van der Waals surface area contributed by atoms with Gasteiger partial charge in [0.25, 0.3) is 10.0 Å². The van der Waals surface area contributed by atoms with E-state index in [1.165, 1.54) is 31.5 Å². The largest absolute Gasteiger partial charge is 0.507 e. The molecule has 0 unspecified atom stereocenters. The van der Waals surface area contributed by atoms with Gasteiger partial charge in [-0.3, -0.25) is 0 Å². The van der Waals surface area contributed by atoms with Crippen LogP contribution in [0.3, 0.4) is 0 Å². The van der Waals surface area contributed by atoms with Crippen LogP contribution in [-0.2, 0) is 10.0 Å². The standard InChI is InChI=1S/C18H15NO4S/c1-23-17-11-10-13(18-15(17)8-5-9-16(18)20)12-19-24(21,22)14-6-3-2-4-7-14/h2-12,20H,1H3. The summed E-state index contributed by atoms with van der Waals surface area (Å²) in [7, 11) is -2.26. The Hall–Kier alpha value is -2.86. The number of phenolic OH excluding ortho intramolecular Hbond substituents is 1. The zero-order valence-electron chi connectivity index (χ0n) is 12.9. The molecule has 5 nitrogen and oxygen atoms in total. The van der Waals surface area contributed by atoms with Gasteiger partial charge in [0, 0.05) is 22.6 Å². The van der Waals surface area contributed by atoms with E-state index in [0.717, 1.165) is 0 Å². The van der Waals surface area contributed by atoms with Crippen LogP contribution in [0.4, 0.5) is 0 Å². The summed E-state index contributed by atoms with van der Waals surface area (Å²) in [6.45, 7) is 0. The topological polar surface area (TPSA) is 76.0 Å². The van der Waals surface area contributed by atoms with E-state index in [-0.39, 0.29) is 10.6 Å². The van der Waals surface area contributed by atoms with Crippen molar-refractivity contribution in [2.24, 2.45) is 4.40 Å². The summed E-state index contributed by atoms with van der Waals surface area (Å²) in [4.78, 5) is 0.114. The molecule has 0 saturated carbocycles. The fourth-order valence-electron chi connectivity index (χ4n) is 2.45. The molecule has 0 aliphatic heterocycles. The number of nitrogens with zero attached hydrogens (tertiary/aromatic N) is 1. The first kappa shape index (κ1) is 16.0. The van der Waals surface area contributed by atoms with E-state index in [0.29, 0.717) is 22.1 Å². The average molecular weight is 341 g/mol. The normalized spacial score (nSPS) is 11.9. The lowest BCUT2D eigenvalue weighted by Crippen LogP contribution is -1.98. The Bertz CT molecular complexity index is 1010. The summed E-state index contributed by atoms with van der Waals surface area (Å²) < 4.78 is 33.5. The maximum absolute atomic E-state index is 12.3. The Morgan fingerprint density at radius 1 is 1.00 bits per heavy atom. The first-order valence-electron chi connectivity index (χ1n) is 7.17. The molecule has 3 aromatic rings. The third-order valence-corrected chi connectivity index (χ3v) is 4.85. The summed E-state index contributed by atoms with van der Waals surface area (Å²) in [5.74, 6) is 0.619. The maximum Gasteiger partial charge on any atom is 0.282 e. The SMILES string of the molecule is COc1ccc(C=NS(=O)(=O)c2ccccc2)c2c(O)cccc12. The summed E-state index contributed by atoms with van der Waals surface area (Å²) in [6, 6.07) is 16.4. The molecule has 3 aromatic carbocycles. The van der Waals surface area contributed by atoms with Crippen molar-refractivity contribution in [1.82, 2.24) is 0 Å². The summed E-state index contributed by atoms with van der Waals surface area (Å²) >= 11 is 0. The first-order valence-corrected chi connectivity index (χ1v) is 8.61. The van der Waals surface area contributed by atoms with Crippen LogP contribution in [0, 0.1) is 0 Å². The Balaban J connectivity index is 2.11. The summed E-state index contributed by atoms with van der Waals surface area (Å²) in [5, 5.41) is 11.3. The lowest BCUT2D eigenvalue weighted by atomic mass is 10.0. The third-order valence-electron chi connectivity index (χ3n) is 3.60. The lowest BCUT2D eigenvalue weighted by Gasteiger charge is -2.09. The van der Waals surface area contributed by atoms with Crippen LogP contribution in [0.5, 0.6) is 11.5 Å². The van der Waals surface area contributed by atoms with Crippen LogP contribution in [0.15, 0.2) is 70.0 Å². The molecule has 0 aromatic heterocycles. The van der Waals surface area contributed by atoms with Crippen molar-refractivity contribution in [1.29, 1.82) is 0 Å². The quantitative estimate of drug-likeness (QED) is 0.738. The van der Waals surface area contributed by atoms with Crippen molar-refractivity contribution in [2.45, 2.75) is 4.90 Å². The minimum Gasteiger partial charge on any atom is -0.507 e. The maximum atomic E-state index is 12.3. The molecule has 1 N–H and O–H groups in total. The van der Waals surface area contributed by atoms with Crippen molar-refractivity contribution < 1.29 is 18.3 Å². The van der Waals surface area contributed by atoms with Gasteiger partial charge in [0.15, 0.2) is 0 Å². The number of aromatic hydroxyl groups is 1. The molecule has 3 rings (SSSR count). The Morgan fingerprint density at radius 2 is 1.75 bits per heavy atom. The summed E-state index contributed by atoms with van der Waals surface area (Å²) in [6.07, 6.45) is 1.24. The van der Waals surface area contributed by atoms with Gasteiger partial charge < -0.3 is 9.84 Å². The summed E-state index contributed by atoms with van der Waals surface area (Å²) in [5.41, 5.74) is 0.489. The van der Waals surface area contributed by atoms with E-state index < -0.39 is 10.0 Å². The lowest BCUT2D eigenvalue weighted by molar-refractivity contribution is 0.419. The molecule has 24 heavy (non-hydrogen) atoms. The molecule has 0 radical (unpaired) electrons. The van der Waals surface area contributed by atoms with Gasteiger partial charge in [-0.25, -0.2) is 0 Å². The highest BCUT2D eigenvalue weighted by Crippen LogP contribution is 2.33. The van der Waals surface area contributed by atoms with Gasteiger partial charge in [-0.15, -0.1) is 0 Å². The molecule has 0 fully saturated rings. The van der Waals surface area contributed by atoms with Crippen molar-refractivity contribution in [2.75, 3.05) is 7.11 Å². The van der Waals surface area contributed by atoms with E-state index >= 15 is 0 Å². The monoisotopic (exact) mass is 341 g/mol. The average Bonchev–Trinajstić information content (AvgIpc) is 2.60. The van der Waals surface area contributed by atoms with Crippen LogP contribution in [0.25, 0.3) is 10.8 Å². The van der Waals surface area contributed by atoms with Crippen molar-refractivity contribution >= 4 is 27.0 Å². The van der Waals surface area contributed by atoms with Gasteiger partial charge in [0.1, 0.15) is 11.5 Å². The number of benzene rings is 3. The van der Waals surface area contributed by atoms with Gasteiger partial charge in [0.05, 0.1) is 12.0 Å². The molecule has 0 bridgehead atoms. The van der Waals surface area contributed by atoms with Gasteiger partial charge in [-0.05, 0) is 30.3 Å². The van der Waals surface area contributed by atoms with Crippen LogP contribution in [-0.4, -0.2) is 26.8 Å². The smallest absolute Gasteiger partial charge is 0.282 e. The fourth-order valence-corrected chi connectivity index (χ4v) is 3.33. The molecule has 0 atom stereocenters. The van der Waals surface area contributed by atoms with Crippen molar-refractivity contribution in [3.63, 3.8) is 0 Å². The van der Waals surface area contributed by atoms with Crippen molar-refractivity contribution in [3.8, 4) is 11.5 Å². The predicted octanol–water partition coefficient (Wildman–Crippen LogP) is 3.36. The number of hydrogen-bond acceptors (Lipinski definition) is 4. The highest BCUT2D eigenvalue weighted by atomic mass is 32.2. The third kappa shape index (κ3) is 2.96. The molecule has 0 aliphatic carbocycles. The van der Waals surface area contributed by atoms with Gasteiger partial charge in [-0.2, -0.15) is 12.8 Å². The molecular formula is C18H15NO4S. The minimum atomic E-state index is -3.80. The second-order valence-corrected chi connectivity index (χ2v) is 6.71.